The van der Waals surface area contributed by atoms with Crippen molar-refractivity contribution < 1.29 is 13.2 Å². The van der Waals surface area contributed by atoms with Crippen molar-refractivity contribution in [1.29, 1.82) is 5.26 Å². The van der Waals surface area contributed by atoms with E-state index >= 15 is 0 Å². The van der Waals surface area contributed by atoms with Gasteiger partial charge in [-0.1, -0.05) is 11.6 Å². The van der Waals surface area contributed by atoms with Crippen LogP contribution in [-0.4, -0.2) is 43.2 Å². The summed E-state index contributed by atoms with van der Waals surface area (Å²) in [5, 5.41) is 9.25. The number of pyridine rings is 1. The summed E-state index contributed by atoms with van der Waals surface area (Å²) in [5.74, 6) is 0.384. The number of halogens is 1. The molecule has 0 atom stereocenters. The third-order valence-electron chi connectivity index (χ3n) is 3.12. The van der Waals surface area contributed by atoms with Crippen LogP contribution in [0.1, 0.15) is 18.4 Å². The smallest absolute Gasteiger partial charge is 0.211 e. The predicted molar refractivity (Wildman–Crippen MR) is 74.0 cm³/mol. The van der Waals surface area contributed by atoms with Crippen LogP contribution in [0, 0.1) is 11.3 Å². The first-order valence-electron chi connectivity index (χ1n) is 6.07. The summed E-state index contributed by atoms with van der Waals surface area (Å²) in [6.45, 7) is 0.846. The van der Waals surface area contributed by atoms with Crippen molar-refractivity contribution in [3.8, 4) is 11.8 Å². The zero-order chi connectivity index (χ0) is 14.8. The van der Waals surface area contributed by atoms with E-state index in [0.29, 0.717) is 37.2 Å². The summed E-state index contributed by atoms with van der Waals surface area (Å²) in [4.78, 5) is 3.89. The van der Waals surface area contributed by atoms with Gasteiger partial charge in [-0.15, -0.1) is 0 Å². The maximum atomic E-state index is 11.4. The molecule has 0 unspecified atom stereocenters. The monoisotopic (exact) mass is 315 g/mol. The van der Waals surface area contributed by atoms with Gasteiger partial charge in [0.2, 0.25) is 10.0 Å². The van der Waals surface area contributed by atoms with Crippen molar-refractivity contribution in [2.45, 2.75) is 18.9 Å². The second-order valence-electron chi connectivity index (χ2n) is 4.59. The molecule has 1 fully saturated rings. The standard InChI is InChI=1S/C12H14ClN3O3S/c1-20(17,18)16-4-2-10(3-5-16)19-11-8-15-12(13)6-9(11)7-14/h6,8,10H,2-5H2,1H3. The van der Waals surface area contributed by atoms with Gasteiger partial charge in [0.1, 0.15) is 17.3 Å². The van der Waals surface area contributed by atoms with Crippen LogP contribution in [0.5, 0.6) is 5.75 Å². The first kappa shape index (κ1) is 15.0. The van der Waals surface area contributed by atoms with Crippen LogP contribution in [0.3, 0.4) is 0 Å². The number of hydrogen-bond acceptors (Lipinski definition) is 5. The SMILES string of the molecule is CS(=O)(=O)N1CCC(Oc2cnc(Cl)cc2C#N)CC1. The topological polar surface area (TPSA) is 83.3 Å². The Bertz CT molecular complexity index is 634. The molecule has 8 heteroatoms. The third kappa shape index (κ3) is 3.60. The van der Waals surface area contributed by atoms with Crippen molar-refractivity contribution in [2.24, 2.45) is 0 Å². The minimum Gasteiger partial charge on any atom is -0.487 e. The number of sulfonamides is 1. The van der Waals surface area contributed by atoms with E-state index in [2.05, 4.69) is 4.98 Å². The van der Waals surface area contributed by atoms with Crippen molar-refractivity contribution >= 4 is 21.6 Å². The lowest BCUT2D eigenvalue weighted by Gasteiger charge is -2.30. The van der Waals surface area contributed by atoms with Gasteiger partial charge in [-0.25, -0.2) is 17.7 Å². The van der Waals surface area contributed by atoms with Gasteiger partial charge in [0.15, 0.2) is 5.75 Å². The van der Waals surface area contributed by atoms with E-state index in [4.69, 9.17) is 21.6 Å². The number of rotatable bonds is 3. The first-order chi connectivity index (χ1) is 9.40. The number of nitriles is 1. The van der Waals surface area contributed by atoms with Gasteiger partial charge in [0.25, 0.3) is 0 Å². The Kier molecular flexibility index (Phi) is 4.48. The van der Waals surface area contributed by atoms with Gasteiger partial charge in [-0.05, 0) is 18.9 Å². The average molecular weight is 316 g/mol. The van der Waals surface area contributed by atoms with Crippen LogP contribution in [-0.2, 0) is 10.0 Å². The molecule has 0 radical (unpaired) electrons. The average Bonchev–Trinajstić information content (AvgIpc) is 2.40. The Balaban J connectivity index is 2.02. The summed E-state index contributed by atoms with van der Waals surface area (Å²) in [5.41, 5.74) is 0.329. The lowest BCUT2D eigenvalue weighted by molar-refractivity contribution is 0.134. The van der Waals surface area contributed by atoms with Crippen molar-refractivity contribution in [1.82, 2.24) is 9.29 Å². The maximum Gasteiger partial charge on any atom is 0.211 e. The zero-order valence-corrected chi connectivity index (χ0v) is 12.5. The van der Waals surface area contributed by atoms with Crippen LogP contribution >= 0.6 is 11.6 Å². The second kappa shape index (κ2) is 5.95. The Labute approximate surface area is 123 Å². The molecular weight excluding hydrogens is 302 g/mol. The van der Waals surface area contributed by atoms with Gasteiger partial charge >= 0.3 is 0 Å². The summed E-state index contributed by atoms with van der Waals surface area (Å²) >= 11 is 5.72. The molecule has 0 saturated carbocycles. The Morgan fingerprint density at radius 1 is 1.50 bits per heavy atom. The van der Waals surface area contributed by atoms with Gasteiger partial charge in [0, 0.05) is 13.1 Å². The van der Waals surface area contributed by atoms with Crippen LogP contribution in [0.15, 0.2) is 12.3 Å². The fraction of sp³-hybridized carbons (Fsp3) is 0.500. The largest absolute Gasteiger partial charge is 0.487 e. The fourth-order valence-electron chi connectivity index (χ4n) is 2.06. The summed E-state index contributed by atoms with van der Waals surface area (Å²) in [7, 11) is -3.14. The van der Waals surface area contributed by atoms with Crippen molar-refractivity contribution in [2.75, 3.05) is 19.3 Å². The molecule has 108 valence electrons. The molecule has 2 heterocycles. The van der Waals surface area contributed by atoms with Crippen LogP contribution in [0.2, 0.25) is 5.15 Å². The zero-order valence-electron chi connectivity index (χ0n) is 10.9. The highest BCUT2D eigenvalue weighted by Gasteiger charge is 2.26. The van der Waals surface area contributed by atoms with Crippen molar-refractivity contribution in [3.63, 3.8) is 0 Å². The molecule has 1 aromatic rings. The molecule has 1 saturated heterocycles. The van der Waals surface area contributed by atoms with Gasteiger partial charge < -0.3 is 4.74 Å². The molecule has 0 aromatic carbocycles. The number of hydrogen-bond donors (Lipinski definition) is 0. The lowest BCUT2D eigenvalue weighted by atomic mass is 10.1. The highest BCUT2D eigenvalue weighted by molar-refractivity contribution is 7.88. The number of piperidine rings is 1. The van der Waals surface area contributed by atoms with E-state index in [1.807, 2.05) is 6.07 Å². The van der Waals surface area contributed by atoms with E-state index < -0.39 is 10.0 Å². The molecule has 0 N–H and O–H groups in total. The molecular formula is C12H14ClN3O3S. The maximum absolute atomic E-state index is 11.4. The number of nitrogens with zero attached hydrogens (tertiary/aromatic N) is 3. The normalized spacial score (nSPS) is 17.6. The van der Waals surface area contributed by atoms with Crippen LogP contribution in [0.4, 0.5) is 0 Å². The predicted octanol–water partition coefficient (Wildman–Crippen LogP) is 1.41. The Morgan fingerprint density at radius 2 is 2.15 bits per heavy atom. The van der Waals surface area contributed by atoms with E-state index in [1.54, 1.807) is 0 Å². The van der Waals surface area contributed by atoms with E-state index in [9.17, 15) is 8.42 Å². The molecule has 6 nitrogen and oxygen atoms in total. The third-order valence-corrected chi connectivity index (χ3v) is 4.63. The molecule has 1 aliphatic heterocycles. The lowest BCUT2D eigenvalue weighted by Crippen LogP contribution is -2.41. The fourth-order valence-corrected chi connectivity index (χ4v) is 3.09. The second-order valence-corrected chi connectivity index (χ2v) is 6.96. The summed E-state index contributed by atoms with van der Waals surface area (Å²) < 4.78 is 30.0. The van der Waals surface area contributed by atoms with E-state index in [1.165, 1.54) is 22.8 Å². The van der Waals surface area contributed by atoms with Crippen LogP contribution in [0.25, 0.3) is 0 Å². The minimum atomic E-state index is -3.14. The minimum absolute atomic E-state index is 0.122. The van der Waals surface area contributed by atoms with Gasteiger partial charge in [-0.2, -0.15) is 5.26 Å². The van der Waals surface area contributed by atoms with Gasteiger partial charge in [0.05, 0.1) is 18.0 Å². The molecule has 1 aromatic heterocycles. The molecule has 20 heavy (non-hydrogen) atoms. The highest BCUT2D eigenvalue weighted by atomic mass is 35.5. The molecule has 0 spiro atoms. The van der Waals surface area contributed by atoms with E-state index in [0.717, 1.165) is 0 Å². The summed E-state index contributed by atoms with van der Waals surface area (Å²) in [6, 6.07) is 3.45. The van der Waals surface area contributed by atoms with E-state index in [-0.39, 0.29) is 11.3 Å². The number of ether oxygens (including phenoxy) is 1. The number of aromatic nitrogens is 1. The van der Waals surface area contributed by atoms with Gasteiger partial charge in [-0.3, -0.25) is 0 Å². The molecule has 0 bridgehead atoms. The molecule has 1 aliphatic rings. The summed E-state index contributed by atoms with van der Waals surface area (Å²) in [6.07, 6.45) is 3.67. The molecule has 0 aliphatic carbocycles. The Morgan fingerprint density at radius 3 is 2.70 bits per heavy atom. The Hall–Kier alpha value is -1.36. The quantitative estimate of drug-likeness (QED) is 0.787. The van der Waals surface area contributed by atoms with Crippen LogP contribution < -0.4 is 4.74 Å². The first-order valence-corrected chi connectivity index (χ1v) is 8.30. The molecule has 0 amide bonds. The van der Waals surface area contributed by atoms with Crippen molar-refractivity contribution in [3.05, 3.63) is 23.0 Å². The molecule has 2 rings (SSSR count). The highest BCUT2D eigenvalue weighted by Crippen LogP contribution is 2.24.